The minimum atomic E-state index is -6.75. The van der Waals surface area contributed by atoms with Gasteiger partial charge < -0.3 is 0 Å². The van der Waals surface area contributed by atoms with Crippen molar-refractivity contribution in [3.63, 3.8) is 0 Å². The van der Waals surface area contributed by atoms with Gasteiger partial charge in [-0.15, -0.1) is 0 Å². The number of alkyl halides is 9. The van der Waals surface area contributed by atoms with Crippen molar-refractivity contribution in [3.8, 4) is 0 Å². The van der Waals surface area contributed by atoms with Crippen LogP contribution in [0.15, 0.2) is 0 Å². The molecule has 20 heavy (non-hydrogen) atoms. The number of hydrogen-bond donors (Lipinski definition) is 1. The molecule has 0 aliphatic rings. The highest BCUT2D eigenvalue weighted by molar-refractivity contribution is 14.1. The Labute approximate surface area is 120 Å². The molecule has 0 saturated heterocycles. The molecular weight excluding hydrogens is 447 g/mol. The molecule has 1 atom stereocenters. The summed E-state index contributed by atoms with van der Waals surface area (Å²) in [6, 6.07) is 0. The van der Waals surface area contributed by atoms with Gasteiger partial charge in [-0.05, 0) is 6.92 Å². The average Bonchev–Trinajstić information content (AvgIpc) is 2.12. The number of rotatable bonds is 6. The molecule has 0 radical (unpaired) electrons. The Morgan fingerprint density at radius 1 is 1.00 bits per heavy atom. The standard InChI is InChI=1S/C6H5F8IO4S/c1-2(20(16,17)18)19-6(13,14)4(9,10)3(7,8)5(11,12)15/h2H,1H3,(H,16,17,18). The highest BCUT2D eigenvalue weighted by Gasteiger charge is 2.81. The largest absolute Gasteiger partial charge is 0.427 e. The predicted molar refractivity (Wildman–Crippen MR) is 55.9 cm³/mol. The van der Waals surface area contributed by atoms with E-state index in [2.05, 4.69) is 4.74 Å². The molecule has 4 nitrogen and oxygen atoms in total. The molecular formula is C6H5F8IO4S. The third-order valence-corrected chi connectivity index (χ3v) is 3.46. The van der Waals surface area contributed by atoms with Crippen molar-refractivity contribution >= 4 is 32.7 Å². The van der Waals surface area contributed by atoms with Crippen molar-refractivity contribution in [2.45, 2.75) is 34.2 Å². The minimum Gasteiger partial charge on any atom is -0.293 e. The zero-order valence-corrected chi connectivity index (χ0v) is 12.0. The maximum absolute atomic E-state index is 12.8. The van der Waals surface area contributed by atoms with E-state index in [-0.39, 0.29) is 6.92 Å². The van der Waals surface area contributed by atoms with E-state index in [1.807, 2.05) is 0 Å². The van der Waals surface area contributed by atoms with Gasteiger partial charge in [0.1, 0.15) is 0 Å². The zero-order chi connectivity index (χ0) is 16.8. The van der Waals surface area contributed by atoms with E-state index in [4.69, 9.17) is 4.55 Å². The van der Waals surface area contributed by atoms with Crippen LogP contribution < -0.4 is 0 Å². The summed E-state index contributed by atoms with van der Waals surface area (Å²) in [6.07, 6.45) is -6.29. The summed E-state index contributed by atoms with van der Waals surface area (Å²) >= 11 is -0.485. The molecule has 0 heterocycles. The van der Waals surface area contributed by atoms with Crippen LogP contribution in [0.25, 0.3) is 0 Å². The van der Waals surface area contributed by atoms with Crippen molar-refractivity contribution in [2.75, 3.05) is 0 Å². The maximum Gasteiger partial charge on any atom is 0.427 e. The predicted octanol–water partition coefficient (Wildman–Crippen LogP) is 3.13. The van der Waals surface area contributed by atoms with Crippen LogP contribution >= 0.6 is 22.6 Å². The van der Waals surface area contributed by atoms with Gasteiger partial charge in [0.2, 0.25) is 0 Å². The van der Waals surface area contributed by atoms with E-state index >= 15 is 0 Å². The van der Waals surface area contributed by atoms with Crippen LogP contribution in [0, 0.1) is 0 Å². The second-order valence-corrected chi connectivity index (χ2v) is 6.41. The monoisotopic (exact) mass is 452 g/mol. The van der Waals surface area contributed by atoms with E-state index in [1.54, 1.807) is 0 Å². The Hall–Kier alpha value is 0.0400. The van der Waals surface area contributed by atoms with Crippen molar-refractivity contribution in [1.82, 2.24) is 0 Å². The number of hydrogen-bond acceptors (Lipinski definition) is 3. The van der Waals surface area contributed by atoms with E-state index < -0.39 is 60.0 Å². The van der Waals surface area contributed by atoms with Crippen LogP contribution in [0.5, 0.6) is 0 Å². The molecule has 0 saturated carbocycles. The molecule has 1 unspecified atom stereocenters. The summed E-state index contributed by atoms with van der Waals surface area (Å²) < 4.78 is 127. The molecule has 0 aliphatic heterocycles. The van der Waals surface area contributed by atoms with Crippen LogP contribution in [-0.4, -0.2) is 40.3 Å². The molecule has 0 aromatic heterocycles. The second kappa shape index (κ2) is 5.35. The fourth-order valence-electron chi connectivity index (χ4n) is 0.704. The molecule has 0 fully saturated rings. The van der Waals surface area contributed by atoms with Crippen LogP contribution in [0.3, 0.4) is 0 Å². The topological polar surface area (TPSA) is 63.6 Å². The quantitative estimate of drug-likeness (QED) is 0.291. The number of ether oxygens (including phenoxy) is 1. The third-order valence-electron chi connectivity index (χ3n) is 1.85. The van der Waals surface area contributed by atoms with Gasteiger partial charge >= 0.3 is 21.9 Å². The van der Waals surface area contributed by atoms with Crippen LogP contribution in [0.4, 0.5) is 35.1 Å². The van der Waals surface area contributed by atoms with Crippen molar-refractivity contribution in [1.29, 1.82) is 0 Å². The molecule has 0 bridgehead atoms. The Bertz CT molecular complexity index is 458. The lowest BCUT2D eigenvalue weighted by Crippen LogP contribution is -2.62. The van der Waals surface area contributed by atoms with E-state index in [9.17, 15) is 43.5 Å². The average molecular weight is 452 g/mol. The summed E-state index contributed by atoms with van der Waals surface area (Å²) in [5.41, 5.74) is -3.05. The molecule has 0 aromatic carbocycles. The van der Waals surface area contributed by atoms with E-state index in [0.717, 1.165) is 0 Å². The van der Waals surface area contributed by atoms with Crippen molar-refractivity contribution < 1.29 is 52.8 Å². The first-order chi connectivity index (χ1) is 8.38. The third kappa shape index (κ3) is 3.62. The van der Waals surface area contributed by atoms with Crippen LogP contribution in [-0.2, 0) is 14.9 Å². The molecule has 0 amide bonds. The number of halogens is 9. The summed E-state index contributed by atoms with van der Waals surface area (Å²) in [4.78, 5) is 0. The van der Waals surface area contributed by atoms with Gasteiger partial charge in [0, 0.05) is 22.6 Å². The maximum atomic E-state index is 12.8. The van der Waals surface area contributed by atoms with Crippen molar-refractivity contribution in [3.05, 3.63) is 0 Å². The van der Waals surface area contributed by atoms with Gasteiger partial charge in [-0.3, -0.25) is 9.29 Å². The first kappa shape index (κ1) is 20.0. The Kier molecular flexibility index (Phi) is 5.36. The smallest absolute Gasteiger partial charge is 0.293 e. The Morgan fingerprint density at radius 3 is 1.60 bits per heavy atom. The molecule has 0 aromatic rings. The first-order valence-corrected chi connectivity index (χ1v) is 6.80. The lowest BCUT2D eigenvalue weighted by atomic mass is 10.1. The van der Waals surface area contributed by atoms with E-state index in [1.165, 1.54) is 0 Å². The first-order valence-electron chi connectivity index (χ1n) is 4.22. The van der Waals surface area contributed by atoms with Gasteiger partial charge in [0.05, 0.1) is 0 Å². The van der Waals surface area contributed by atoms with Gasteiger partial charge in [-0.2, -0.15) is 43.5 Å². The highest BCUT2D eigenvalue weighted by atomic mass is 127. The lowest BCUT2D eigenvalue weighted by molar-refractivity contribution is -0.417. The molecule has 0 aliphatic carbocycles. The Morgan fingerprint density at radius 2 is 1.35 bits per heavy atom. The molecule has 122 valence electrons. The molecule has 14 heteroatoms. The summed E-state index contributed by atoms with van der Waals surface area (Å²) in [7, 11) is -5.45. The lowest BCUT2D eigenvalue weighted by Gasteiger charge is -2.34. The highest BCUT2D eigenvalue weighted by Crippen LogP contribution is 2.55. The molecule has 1 N–H and O–H groups in total. The fraction of sp³-hybridized carbons (Fsp3) is 1.00. The van der Waals surface area contributed by atoms with Crippen molar-refractivity contribution in [2.24, 2.45) is 0 Å². The normalized spacial score (nSPS) is 17.1. The zero-order valence-electron chi connectivity index (χ0n) is 9.06. The minimum absolute atomic E-state index is 0.111. The van der Waals surface area contributed by atoms with Crippen LogP contribution in [0.2, 0.25) is 0 Å². The second-order valence-electron chi connectivity index (χ2n) is 3.36. The Balaban J connectivity index is 5.59. The van der Waals surface area contributed by atoms with Gasteiger partial charge in [0.25, 0.3) is 10.1 Å². The van der Waals surface area contributed by atoms with Crippen LogP contribution in [0.1, 0.15) is 6.92 Å². The summed E-state index contributed by atoms with van der Waals surface area (Å²) in [5, 5.41) is 0. The fourth-order valence-corrected chi connectivity index (χ4v) is 1.29. The van der Waals surface area contributed by atoms with E-state index in [0.29, 0.717) is 0 Å². The SMILES string of the molecule is CC(OC(F)(F)C(F)(F)C(F)(F)C(F)(F)I)S(=O)(=O)O. The van der Waals surface area contributed by atoms with Gasteiger partial charge in [0.15, 0.2) is 5.44 Å². The summed E-state index contributed by atoms with van der Waals surface area (Å²) in [5.74, 6) is -13.3. The molecule has 0 rings (SSSR count). The van der Waals surface area contributed by atoms with Gasteiger partial charge in [-0.25, -0.2) is 0 Å². The summed E-state index contributed by atoms with van der Waals surface area (Å²) in [6.45, 7) is 0.111. The van der Waals surface area contributed by atoms with Gasteiger partial charge in [-0.1, -0.05) is 0 Å². The molecule has 0 spiro atoms.